The molecule has 0 aliphatic heterocycles. The van der Waals surface area contributed by atoms with Crippen LogP contribution in [-0.2, 0) is 6.54 Å². The van der Waals surface area contributed by atoms with E-state index in [-0.39, 0.29) is 10.6 Å². The molecule has 0 aliphatic rings. The zero-order chi connectivity index (χ0) is 12.3. The highest BCUT2D eigenvalue weighted by atomic mass is 16.6. The number of rotatable bonds is 4. The molecule has 0 spiro atoms. The second kappa shape index (κ2) is 4.69. The predicted octanol–water partition coefficient (Wildman–Crippen LogP) is 2.84. The third-order valence-corrected chi connectivity index (χ3v) is 2.63. The Morgan fingerprint density at radius 1 is 1.35 bits per heavy atom. The fourth-order valence-corrected chi connectivity index (χ4v) is 1.68. The molecule has 0 bridgehead atoms. The van der Waals surface area contributed by atoms with Crippen LogP contribution in [0.25, 0.3) is 0 Å². The van der Waals surface area contributed by atoms with Gasteiger partial charge in [-0.3, -0.25) is 10.1 Å². The monoisotopic (exact) mass is 231 g/mol. The molecule has 0 aliphatic carbocycles. The summed E-state index contributed by atoms with van der Waals surface area (Å²) in [5, 5.41) is 14.0. The Labute approximate surface area is 98.6 Å². The van der Waals surface area contributed by atoms with E-state index < -0.39 is 0 Å². The summed E-state index contributed by atoms with van der Waals surface area (Å²) < 4.78 is 0. The first-order valence-electron chi connectivity index (χ1n) is 5.28. The highest BCUT2D eigenvalue weighted by molar-refractivity contribution is 5.59. The van der Waals surface area contributed by atoms with Gasteiger partial charge in [-0.2, -0.15) is 0 Å². The second-order valence-corrected chi connectivity index (χ2v) is 3.76. The van der Waals surface area contributed by atoms with E-state index in [9.17, 15) is 10.1 Å². The van der Waals surface area contributed by atoms with Crippen LogP contribution in [-0.4, -0.2) is 9.91 Å². The van der Waals surface area contributed by atoms with Crippen LogP contribution in [0.15, 0.2) is 36.5 Å². The lowest BCUT2D eigenvalue weighted by molar-refractivity contribution is -0.385. The third kappa shape index (κ3) is 2.44. The molecule has 0 atom stereocenters. The smallest absolute Gasteiger partial charge is 0.274 e. The quantitative estimate of drug-likeness (QED) is 0.627. The van der Waals surface area contributed by atoms with Crippen LogP contribution >= 0.6 is 0 Å². The van der Waals surface area contributed by atoms with Crippen molar-refractivity contribution in [2.75, 3.05) is 5.32 Å². The van der Waals surface area contributed by atoms with Crippen LogP contribution in [0.2, 0.25) is 0 Å². The Morgan fingerprint density at radius 2 is 2.18 bits per heavy atom. The highest BCUT2D eigenvalue weighted by Gasteiger charge is 2.12. The van der Waals surface area contributed by atoms with Crippen LogP contribution in [0, 0.1) is 17.0 Å². The highest BCUT2D eigenvalue weighted by Crippen LogP contribution is 2.25. The molecule has 0 amide bonds. The SMILES string of the molecule is Cc1c(NCc2ccc[nH]2)cccc1[N+](=O)[O-]. The van der Waals surface area contributed by atoms with Crippen molar-refractivity contribution in [3.8, 4) is 0 Å². The Bertz CT molecular complexity index is 521. The molecule has 1 heterocycles. The summed E-state index contributed by atoms with van der Waals surface area (Å²) in [6, 6.07) is 8.90. The van der Waals surface area contributed by atoms with Crippen LogP contribution in [0.1, 0.15) is 11.3 Å². The average Bonchev–Trinajstić information content (AvgIpc) is 2.80. The number of aromatic nitrogens is 1. The van der Waals surface area contributed by atoms with E-state index in [0.29, 0.717) is 12.1 Å². The number of nitro groups is 1. The number of nitrogens with zero attached hydrogens (tertiary/aromatic N) is 1. The number of nitro benzene ring substituents is 1. The second-order valence-electron chi connectivity index (χ2n) is 3.76. The number of hydrogen-bond donors (Lipinski definition) is 2. The van der Waals surface area contributed by atoms with Gasteiger partial charge in [-0.15, -0.1) is 0 Å². The molecule has 1 aromatic heterocycles. The summed E-state index contributed by atoms with van der Waals surface area (Å²) >= 11 is 0. The standard InChI is InChI=1S/C12H13N3O2/c1-9-11(5-2-6-12(9)15(16)17)14-8-10-4-3-7-13-10/h2-7,13-14H,8H2,1H3. The molecular formula is C12H13N3O2. The zero-order valence-electron chi connectivity index (χ0n) is 9.43. The van der Waals surface area contributed by atoms with E-state index in [1.165, 1.54) is 6.07 Å². The lowest BCUT2D eigenvalue weighted by Gasteiger charge is -2.08. The maximum Gasteiger partial charge on any atom is 0.274 e. The fraction of sp³-hybridized carbons (Fsp3) is 0.167. The largest absolute Gasteiger partial charge is 0.379 e. The maximum absolute atomic E-state index is 10.8. The van der Waals surface area contributed by atoms with Crippen LogP contribution < -0.4 is 5.32 Å². The Kier molecular flexibility index (Phi) is 3.09. The molecule has 17 heavy (non-hydrogen) atoms. The van der Waals surface area contributed by atoms with Crippen molar-refractivity contribution in [2.24, 2.45) is 0 Å². The van der Waals surface area contributed by atoms with Gasteiger partial charge in [-0.25, -0.2) is 0 Å². The first kappa shape index (κ1) is 11.2. The van der Waals surface area contributed by atoms with Crippen LogP contribution in [0.4, 0.5) is 11.4 Å². The molecule has 0 saturated carbocycles. The maximum atomic E-state index is 10.8. The number of nitrogens with one attached hydrogen (secondary N) is 2. The van der Waals surface area contributed by atoms with E-state index in [1.807, 2.05) is 24.4 Å². The van der Waals surface area contributed by atoms with Gasteiger partial charge in [-0.05, 0) is 25.1 Å². The Morgan fingerprint density at radius 3 is 2.82 bits per heavy atom. The summed E-state index contributed by atoms with van der Waals surface area (Å²) in [5.41, 5.74) is 2.62. The number of hydrogen-bond acceptors (Lipinski definition) is 3. The number of aromatic amines is 1. The Balaban J connectivity index is 2.16. The van der Waals surface area contributed by atoms with Crippen molar-refractivity contribution in [3.05, 3.63) is 57.9 Å². The van der Waals surface area contributed by atoms with Gasteiger partial charge in [0, 0.05) is 29.2 Å². The molecule has 2 N–H and O–H groups in total. The minimum absolute atomic E-state index is 0.140. The predicted molar refractivity (Wildman–Crippen MR) is 66.0 cm³/mol. The van der Waals surface area contributed by atoms with Gasteiger partial charge < -0.3 is 10.3 Å². The molecule has 2 aromatic rings. The van der Waals surface area contributed by atoms with Crippen LogP contribution in [0.3, 0.4) is 0 Å². The van der Waals surface area contributed by atoms with Crippen molar-refractivity contribution >= 4 is 11.4 Å². The van der Waals surface area contributed by atoms with E-state index in [0.717, 1.165) is 11.4 Å². The van der Waals surface area contributed by atoms with Crippen molar-refractivity contribution < 1.29 is 4.92 Å². The summed E-state index contributed by atoms with van der Waals surface area (Å²) in [6.07, 6.45) is 1.84. The minimum atomic E-state index is -0.366. The molecule has 5 nitrogen and oxygen atoms in total. The molecule has 5 heteroatoms. The van der Waals surface area contributed by atoms with Crippen molar-refractivity contribution in [1.29, 1.82) is 0 Å². The van der Waals surface area contributed by atoms with E-state index in [4.69, 9.17) is 0 Å². The number of H-pyrrole nitrogens is 1. The van der Waals surface area contributed by atoms with E-state index in [2.05, 4.69) is 10.3 Å². The molecule has 0 fully saturated rings. The van der Waals surface area contributed by atoms with Crippen molar-refractivity contribution in [3.63, 3.8) is 0 Å². The van der Waals surface area contributed by atoms with Crippen molar-refractivity contribution in [1.82, 2.24) is 4.98 Å². The fourth-order valence-electron chi connectivity index (χ4n) is 1.68. The van der Waals surface area contributed by atoms with Gasteiger partial charge >= 0.3 is 0 Å². The molecule has 2 rings (SSSR count). The first-order chi connectivity index (χ1) is 8.18. The summed E-state index contributed by atoms with van der Waals surface area (Å²) in [4.78, 5) is 13.5. The Hall–Kier alpha value is -2.30. The normalized spacial score (nSPS) is 10.2. The van der Waals surface area contributed by atoms with Crippen molar-refractivity contribution in [2.45, 2.75) is 13.5 Å². The lowest BCUT2D eigenvalue weighted by Crippen LogP contribution is -2.02. The third-order valence-electron chi connectivity index (χ3n) is 2.63. The summed E-state index contributed by atoms with van der Waals surface area (Å²) in [5.74, 6) is 0. The summed E-state index contributed by atoms with van der Waals surface area (Å²) in [6.45, 7) is 2.37. The zero-order valence-corrected chi connectivity index (χ0v) is 9.43. The van der Waals surface area contributed by atoms with Crippen LogP contribution in [0.5, 0.6) is 0 Å². The van der Waals surface area contributed by atoms with Gasteiger partial charge in [0.15, 0.2) is 0 Å². The topological polar surface area (TPSA) is 71.0 Å². The first-order valence-corrected chi connectivity index (χ1v) is 5.28. The average molecular weight is 231 g/mol. The van der Waals surface area contributed by atoms with Gasteiger partial charge in [0.1, 0.15) is 0 Å². The van der Waals surface area contributed by atoms with Gasteiger partial charge in [-0.1, -0.05) is 6.07 Å². The van der Waals surface area contributed by atoms with Gasteiger partial charge in [0.05, 0.1) is 11.5 Å². The molecule has 0 unspecified atom stereocenters. The molecule has 1 aromatic carbocycles. The molecular weight excluding hydrogens is 218 g/mol. The van der Waals surface area contributed by atoms with Gasteiger partial charge in [0.2, 0.25) is 0 Å². The molecule has 0 radical (unpaired) electrons. The lowest BCUT2D eigenvalue weighted by atomic mass is 10.1. The number of anilines is 1. The summed E-state index contributed by atoms with van der Waals surface area (Å²) in [7, 11) is 0. The minimum Gasteiger partial charge on any atom is -0.379 e. The molecule has 88 valence electrons. The number of benzene rings is 1. The van der Waals surface area contributed by atoms with E-state index >= 15 is 0 Å². The molecule has 0 saturated heterocycles. The van der Waals surface area contributed by atoms with E-state index in [1.54, 1.807) is 13.0 Å². The van der Waals surface area contributed by atoms with Gasteiger partial charge in [0.25, 0.3) is 5.69 Å².